The summed E-state index contributed by atoms with van der Waals surface area (Å²) in [4.78, 5) is 11.9. The van der Waals surface area contributed by atoms with E-state index in [0.717, 1.165) is 5.56 Å². The third kappa shape index (κ3) is 4.87. The van der Waals surface area contributed by atoms with E-state index >= 15 is 0 Å². The summed E-state index contributed by atoms with van der Waals surface area (Å²) in [5.41, 5.74) is -0.247. The van der Waals surface area contributed by atoms with Crippen LogP contribution in [0.1, 0.15) is 39.3 Å². The quantitative estimate of drug-likeness (QED) is 0.756. The second kappa shape index (κ2) is 7.45. The highest BCUT2D eigenvalue weighted by Gasteiger charge is 2.25. The van der Waals surface area contributed by atoms with Crippen molar-refractivity contribution < 1.29 is 19.0 Å². The number of ether oxygens (including phenoxy) is 1. The lowest BCUT2D eigenvalue weighted by molar-refractivity contribution is 0.0165. The molecule has 6 heteroatoms. The zero-order valence-electron chi connectivity index (χ0n) is 13.7. The first-order valence-corrected chi connectivity index (χ1v) is 7.27. The molecule has 0 aromatic heterocycles. The first-order valence-electron chi connectivity index (χ1n) is 7.27. The minimum Gasteiger partial charge on any atom is -0.494 e. The maximum atomic E-state index is 13.4. The fourth-order valence-electron chi connectivity index (χ4n) is 1.74. The van der Waals surface area contributed by atoms with Gasteiger partial charge >= 0.3 is 6.03 Å². The van der Waals surface area contributed by atoms with Crippen molar-refractivity contribution in [2.75, 3.05) is 13.7 Å². The number of amides is 2. The van der Waals surface area contributed by atoms with Crippen molar-refractivity contribution in [3.05, 3.63) is 29.6 Å². The molecule has 22 heavy (non-hydrogen) atoms. The van der Waals surface area contributed by atoms with Crippen molar-refractivity contribution in [1.29, 1.82) is 0 Å². The van der Waals surface area contributed by atoms with Crippen molar-refractivity contribution in [2.24, 2.45) is 5.92 Å². The number of rotatable bonds is 6. The highest BCUT2D eigenvalue weighted by Crippen LogP contribution is 2.22. The number of methoxy groups -OCH3 is 1. The van der Waals surface area contributed by atoms with E-state index in [-0.39, 0.29) is 24.3 Å². The summed E-state index contributed by atoms with van der Waals surface area (Å²) in [7, 11) is 1.39. The molecule has 0 spiro atoms. The first kappa shape index (κ1) is 18.2. The Morgan fingerprint density at radius 3 is 2.59 bits per heavy atom. The van der Waals surface area contributed by atoms with E-state index in [1.807, 2.05) is 13.8 Å². The summed E-state index contributed by atoms with van der Waals surface area (Å²) in [5, 5.41) is 15.5. The van der Waals surface area contributed by atoms with E-state index in [1.54, 1.807) is 26.0 Å². The lowest BCUT2D eigenvalue weighted by atomic mass is 9.93. The van der Waals surface area contributed by atoms with Gasteiger partial charge in [-0.25, -0.2) is 9.18 Å². The molecule has 5 nitrogen and oxygen atoms in total. The van der Waals surface area contributed by atoms with Crippen LogP contribution < -0.4 is 15.4 Å². The van der Waals surface area contributed by atoms with E-state index in [9.17, 15) is 14.3 Å². The van der Waals surface area contributed by atoms with Crippen molar-refractivity contribution in [3.8, 4) is 5.75 Å². The smallest absolute Gasteiger partial charge is 0.315 e. The molecule has 1 aromatic carbocycles. The summed E-state index contributed by atoms with van der Waals surface area (Å²) in [6.45, 7) is 7.37. The average Bonchev–Trinajstić information content (AvgIpc) is 2.45. The molecule has 124 valence electrons. The molecule has 0 radical (unpaired) electrons. The Labute approximate surface area is 130 Å². The van der Waals surface area contributed by atoms with Crippen LogP contribution in [0.3, 0.4) is 0 Å². The maximum absolute atomic E-state index is 13.4. The highest BCUT2D eigenvalue weighted by molar-refractivity contribution is 5.74. The Morgan fingerprint density at radius 1 is 1.41 bits per heavy atom. The van der Waals surface area contributed by atoms with Gasteiger partial charge in [-0.1, -0.05) is 19.9 Å². The van der Waals surface area contributed by atoms with E-state index in [4.69, 9.17) is 4.74 Å². The largest absolute Gasteiger partial charge is 0.494 e. The Morgan fingerprint density at radius 2 is 2.05 bits per heavy atom. The summed E-state index contributed by atoms with van der Waals surface area (Å²) in [6.07, 6.45) is 0. The Hall–Kier alpha value is -1.82. The lowest BCUT2D eigenvalue weighted by Crippen LogP contribution is -2.47. The van der Waals surface area contributed by atoms with Crippen LogP contribution >= 0.6 is 0 Å². The molecule has 0 fully saturated rings. The van der Waals surface area contributed by atoms with Crippen LogP contribution in [0, 0.1) is 11.7 Å². The monoisotopic (exact) mass is 312 g/mol. The van der Waals surface area contributed by atoms with Gasteiger partial charge in [-0.05, 0) is 37.5 Å². The predicted octanol–water partition coefficient (Wildman–Crippen LogP) is 2.60. The minimum atomic E-state index is -0.973. The van der Waals surface area contributed by atoms with Crippen LogP contribution in [-0.4, -0.2) is 30.4 Å². The average molecular weight is 312 g/mol. The van der Waals surface area contributed by atoms with Gasteiger partial charge < -0.3 is 20.5 Å². The molecule has 0 saturated carbocycles. The van der Waals surface area contributed by atoms with E-state index in [0.29, 0.717) is 0 Å². The van der Waals surface area contributed by atoms with Gasteiger partial charge in [0.05, 0.1) is 18.8 Å². The topological polar surface area (TPSA) is 70.6 Å². The molecule has 0 bridgehead atoms. The summed E-state index contributed by atoms with van der Waals surface area (Å²) in [5.74, 6) is -0.295. The summed E-state index contributed by atoms with van der Waals surface area (Å²) in [6, 6.07) is 3.72. The number of urea groups is 1. The number of nitrogens with one attached hydrogen (secondary N) is 2. The fourth-order valence-corrected chi connectivity index (χ4v) is 1.74. The number of carbonyl (C=O) groups is 1. The van der Waals surface area contributed by atoms with Gasteiger partial charge in [-0.2, -0.15) is 0 Å². The van der Waals surface area contributed by atoms with E-state index in [2.05, 4.69) is 10.6 Å². The lowest BCUT2D eigenvalue weighted by Gasteiger charge is -2.28. The van der Waals surface area contributed by atoms with Gasteiger partial charge in [0.1, 0.15) is 0 Å². The Balaban J connectivity index is 2.61. The number of hydrogen-bond acceptors (Lipinski definition) is 3. The van der Waals surface area contributed by atoms with E-state index < -0.39 is 17.4 Å². The summed E-state index contributed by atoms with van der Waals surface area (Å²) < 4.78 is 18.3. The third-order valence-electron chi connectivity index (χ3n) is 3.87. The van der Waals surface area contributed by atoms with Gasteiger partial charge in [-0.15, -0.1) is 0 Å². The molecule has 0 aliphatic carbocycles. The standard InChI is InChI=1S/C16H25FN2O3/c1-10(2)16(4,21)9-18-15(20)19-11(3)12-6-7-13(17)14(8-12)22-5/h6-8,10-11,21H,9H2,1-5H3,(H2,18,19,20). The molecule has 0 aliphatic heterocycles. The van der Waals surface area contributed by atoms with Crippen molar-refractivity contribution >= 4 is 6.03 Å². The molecule has 1 aromatic rings. The molecule has 2 amide bonds. The molecule has 1 rings (SSSR count). The van der Waals surface area contributed by atoms with Gasteiger partial charge in [0.15, 0.2) is 11.6 Å². The van der Waals surface area contributed by atoms with Gasteiger partial charge in [-0.3, -0.25) is 0 Å². The molecular formula is C16H25FN2O3. The SMILES string of the molecule is COc1cc(C(C)NC(=O)NCC(C)(O)C(C)C)ccc1F. The number of aliphatic hydroxyl groups is 1. The second-order valence-corrected chi connectivity index (χ2v) is 5.95. The van der Waals surface area contributed by atoms with Crippen molar-refractivity contribution in [3.63, 3.8) is 0 Å². The van der Waals surface area contributed by atoms with Crippen molar-refractivity contribution in [1.82, 2.24) is 10.6 Å². The van der Waals surface area contributed by atoms with Gasteiger partial charge in [0.2, 0.25) is 0 Å². The second-order valence-electron chi connectivity index (χ2n) is 5.95. The van der Waals surface area contributed by atoms with Crippen molar-refractivity contribution in [2.45, 2.75) is 39.3 Å². The Bertz CT molecular complexity index is 518. The van der Waals surface area contributed by atoms with Crippen LogP contribution in [0.15, 0.2) is 18.2 Å². The molecule has 2 unspecified atom stereocenters. The summed E-state index contributed by atoms with van der Waals surface area (Å²) >= 11 is 0. The first-order chi connectivity index (χ1) is 10.2. The molecular weight excluding hydrogens is 287 g/mol. The molecule has 0 heterocycles. The van der Waals surface area contributed by atoms with E-state index in [1.165, 1.54) is 13.2 Å². The van der Waals surface area contributed by atoms with Crippen LogP contribution in [0.2, 0.25) is 0 Å². The number of halogens is 1. The van der Waals surface area contributed by atoms with Gasteiger partial charge in [0.25, 0.3) is 0 Å². The zero-order chi connectivity index (χ0) is 16.9. The number of carbonyl (C=O) groups excluding carboxylic acids is 1. The van der Waals surface area contributed by atoms with Crippen LogP contribution in [0.4, 0.5) is 9.18 Å². The normalized spacial score (nSPS) is 15.1. The predicted molar refractivity (Wildman–Crippen MR) is 83.4 cm³/mol. The molecule has 2 atom stereocenters. The molecule has 0 aliphatic rings. The third-order valence-corrected chi connectivity index (χ3v) is 3.87. The zero-order valence-corrected chi connectivity index (χ0v) is 13.7. The molecule has 3 N–H and O–H groups in total. The molecule has 0 saturated heterocycles. The van der Waals surface area contributed by atoms with Crippen LogP contribution in [0.5, 0.6) is 5.75 Å². The van der Waals surface area contributed by atoms with Gasteiger partial charge in [0, 0.05) is 6.54 Å². The fraction of sp³-hybridized carbons (Fsp3) is 0.562. The maximum Gasteiger partial charge on any atom is 0.315 e. The minimum absolute atomic E-state index is 0.0200. The Kier molecular flexibility index (Phi) is 6.17. The number of benzene rings is 1. The number of hydrogen-bond donors (Lipinski definition) is 3. The van der Waals surface area contributed by atoms with Crippen LogP contribution in [0.25, 0.3) is 0 Å². The van der Waals surface area contributed by atoms with Crippen LogP contribution in [-0.2, 0) is 0 Å². The highest BCUT2D eigenvalue weighted by atomic mass is 19.1.